The summed E-state index contributed by atoms with van der Waals surface area (Å²) in [6, 6.07) is 7.67. The molecule has 0 unspecified atom stereocenters. The fourth-order valence-electron chi connectivity index (χ4n) is 2.55. The number of hydrogen-bond acceptors (Lipinski definition) is 4. The fourth-order valence-corrected chi connectivity index (χ4v) is 2.55. The molecule has 4 heteroatoms. The van der Waals surface area contributed by atoms with Gasteiger partial charge in [-0.3, -0.25) is 4.90 Å². The number of carbonyl (C=O) groups excluding carboxylic acids is 1. The predicted molar refractivity (Wildman–Crippen MR) is 74.8 cm³/mol. The van der Waals surface area contributed by atoms with Crippen molar-refractivity contribution in [3.05, 3.63) is 35.4 Å². The molecule has 4 nitrogen and oxygen atoms in total. The van der Waals surface area contributed by atoms with E-state index >= 15 is 0 Å². The zero-order valence-corrected chi connectivity index (χ0v) is 11.5. The van der Waals surface area contributed by atoms with E-state index in [1.54, 1.807) is 6.07 Å². The topological polar surface area (TPSA) is 55.6 Å². The number of nitrogens with zero attached hydrogens (tertiary/aromatic N) is 1. The van der Waals surface area contributed by atoms with Gasteiger partial charge in [0.1, 0.15) is 0 Å². The molecule has 104 valence electrons. The first-order valence-electron chi connectivity index (χ1n) is 6.82. The molecule has 0 saturated carbocycles. The van der Waals surface area contributed by atoms with Crippen LogP contribution >= 0.6 is 0 Å². The summed E-state index contributed by atoms with van der Waals surface area (Å²) in [6.45, 7) is 3.86. The maximum Gasteiger partial charge on any atom is 0.337 e. The summed E-state index contributed by atoms with van der Waals surface area (Å²) < 4.78 is 4.74. The van der Waals surface area contributed by atoms with Crippen molar-refractivity contribution < 1.29 is 9.53 Å². The molecule has 1 saturated heterocycles. The number of hydrogen-bond donors (Lipinski definition) is 1. The lowest BCUT2D eigenvalue weighted by atomic mass is 9.97. The van der Waals surface area contributed by atoms with Gasteiger partial charge in [0.25, 0.3) is 0 Å². The van der Waals surface area contributed by atoms with Gasteiger partial charge < -0.3 is 10.5 Å². The zero-order chi connectivity index (χ0) is 13.7. The molecule has 19 heavy (non-hydrogen) atoms. The van der Waals surface area contributed by atoms with E-state index in [-0.39, 0.29) is 5.97 Å². The molecular formula is C15H22N2O2. The van der Waals surface area contributed by atoms with Gasteiger partial charge in [0, 0.05) is 6.54 Å². The predicted octanol–water partition coefficient (Wildman–Crippen LogP) is 1.64. The van der Waals surface area contributed by atoms with Crippen LogP contribution in [0.1, 0.15) is 28.8 Å². The van der Waals surface area contributed by atoms with Crippen molar-refractivity contribution in [3.63, 3.8) is 0 Å². The van der Waals surface area contributed by atoms with E-state index in [1.807, 2.05) is 12.1 Å². The normalized spacial score (nSPS) is 17.4. The highest BCUT2D eigenvalue weighted by Gasteiger charge is 2.18. The number of nitrogens with two attached hydrogens (primary N) is 1. The van der Waals surface area contributed by atoms with Crippen molar-refractivity contribution in [2.45, 2.75) is 19.4 Å². The first-order chi connectivity index (χ1) is 9.22. The molecule has 0 aromatic heterocycles. The number of piperidine rings is 1. The largest absolute Gasteiger partial charge is 0.465 e. The van der Waals surface area contributed by atoms with Crippen LogP contribution in [0.4, 0.5) is 0 Å². The van der Waals surface area contributed by atoms with Crippen LogP contribution in [0.25, 0.3) is 0 Å². The lowest BCUT2D eigenvalue weighted by molar-refractivity contribution is 0.0600. The zero-order valence-electron chi connectivity index (χ0n) is 11.5. The lowest BCUT2D eigenvalue weighted by Crippen LogP contribution is -2.35. The molecule has 1 aromatic carbocycles. The Morgan fingerprint density at radius 1 is 1.42 bits per heavy atom. The van der Waals surface area contributed by atoms with Gasteiger partial charge in [-0.2, -0.15) is 0 Å². The minimum Gasteiger partial charge on any atom is -0.465 e. The molecule has 0 atom stereocenters. The third kappa shape index (κ3) is 3.78. The Morgan fingerprint density at radius 2 is 2.16 bits per heavy atom. The molecule has 1 aliphatic rings. The van der Waals surface area contributed by atoms with E-state index in [2.05, 4.69) is 11.0 Å². The van der Waals surface area contributed by atoms with Gasteiger partial charge in [-0.25, -0.2) is 4.79 Å². The van der Waals surface area contributed by atoms with E-state index in [4.69, 9.17) is 10.5 Å². The van der Waals surface area contributed by atoms with Crippen LogP contribution in [0.2, 0.25) is 0 Å². The molecule has 2 rings (SSSR count). The average Bonchev–Trinajstić information content (AvgIpc) is 2.47. The Hall–Kier alpha value is -1.39. The summed E-state index contributed by atoms with van der Waals surface area (Å²) in [5, 5.41) is 0. The Labute approximate surface area is 114 Å². The van der Waals surface area contributed by atoms with Crippen molar-refractivity contribution in [1.82, 2.24) is 4.90 Å². The van der Waals surface area contributed by atoms with Crippen LogP contribution in [-0.2, 0) is 11.3 Å². The number of methoxy groups -OCH3 is 1. The Morgan fingerprint density at radius 3 is 2.79 bits per heavy atom. The average molecular weight is 262 g/mol. The summed E-state index contributed by atoms with van der Waals surface area (Å²) in [7, 11) is 1.41. The molecule has 0 aliphatic carbocycles. The van der Waals surface area contributed by atoms with Crippen molar-refractivity contribution in [2.75, 3.05) is 26.7 Å². The minimum atomic E-state index is -0.274. The lowest BCUT2D eigenvalue weighted by Gasteiger charge is -2.31. The van der Waals surface area contributed by atoms with E-state index in [1.165, 1.54) is 20.0 Å². The summed E-state index contributed by atoms with van der Waals surface area (Å²) in [4.78, 5) is 13.9. The standard InChI is InChI=1S/C15H22N2O2/c1-19-15(18)14-4-2-3-13(9-14)11-17-7-5-12(10-16)6-8-17/h2-4,9,12H,5-8,10-11,16H2,1H3. The molecule has 1 fully saturated rings. The van der Waals surface area contributed by atoms with Crippen LogP contribution in [-0.4, -0.2) is 37.6 Å². The molecule has 0 radical (unpaired) electrons. The first kappa shape index (κ1) is 14.0. The summed E-state index contributed by atoms with van der Waals surface area (Å²) in [5.74, 6) is 0.404. The number of carbonyl (C=O) groups is 1. The molecule has 1 aromatic rings. The summed E-state index contributed by atoms with van der Waals surface area (Å²) in [5.41, 5.74) is 7.48. The summed E-state index contributed by atoms with van der Waals surface area (Å²) in [6.07, 6.45) is 2.35. The monoisotopic (exact) mass is 262 g/mol. The Bertz CT molecular complexity index is 426. The van der Waals surface area contributed by atoms with Gasteiger partial charge in [-0.1, -0.05) is 12.1 Å². The van der Waals surface area contributed by atoms with Gasteiger partial charge in [0.15, 0.2) is 0 Å². The third-order valence-corrected chi connectivity index (χ3v) is 3.79. The quantitative estimate of drug-likeness (QED) is 0.838. The van der Waals surface area contributed by atoms with Crippen molar-refractivity contribution in [3.8, 4) is 0 Å². The van der Waals surface area contributed by atoms with Crippen molar-refractivity contribution >= 4 is 5.97 Å². The molecule has 0 bridgehead atoms. The molecular weight excluding hydrogens is 240 g/mol. The number of likely N-dealkylation sites (tertiary alicyclic amines) is 1. The Kier molecular flexibility index (Phi) is 4.93. The maximum atomic E-state index is 11.5. The van der Waals surface area contributed by atoms with Gasteiger partial charge in [-0.05, 0) is 56.1 Å². The summed E-state index contributed by atoms with van der Waals surface area (Å²) >= 11 is 0. The number of ether oxygens (including phenoxy) is 1. The molecule has 1 heterocycles. The first-order valence-corrected chi connectivity index (χ1v) is 6.82. The smallest absolute Gasteiger partial charge is 0.337 e. The van der Waals surface area contributed by atoms with Crippen LogP contribution in [0.3, 0.4) is 0 Å². The SMILES string of the molecule is COC(=O)c1cccc(CN2CCC(CN)CC2)c1. The molecule has 1 aliphatic heterocycles. The third-order valence-electron chi connectivity index (χ3n) is 3.79. The fraction of sp³-hybridized carbons (Fsp3) is 0.533. The van der Waals surface area contributed by atoms with E-state index < -0.39 is 0 Å². The van der Waals surface area contributed by atoms with E-state index in [0.717, 1.165) is 31.7 Å². The number of esters is 1. The van der Waals surface area contributed by atoms with Crippen LogP contribution in [0.5, 0.6) is 0 Å². The van der Waals surface area contributed by atoms with Gasteiger partial charge in [0.2, 0.25) is 0 Å². The van der Waals surface area contributed by atoms with Crippen LogP contribution in [0.15, 0.2) is 24.3 Å². The minimum absolute atomic E-state index is 0.274. The van der Waals surface area contributed by atoms with Gasteiger partial charge in [0.05, 0.1) is 12.7 Å². The van der Waals surface area contributed by atoms with Gasteiger partial charge in [-0.15, -0.1) is 0 Å². The van der Waals surface area contributed by atoms with Crippen LogP contribution in [0, 0.1) is 5.92 Å². The maximum absolute atomic E-state index is 11.5. The van der Waals surface area contributed by atoms with Crippen molar-refractivity contribution in [2.24, 2.45) is 11.7 Å². The highest BCUT2D eigenvalue weighted by atomic mass is 16.5. The number of rotatable bonds is 4. The highest BCUT2D eigenvalue weighted by molar-refractivity contribution is 5.89. The second-order valence-corrected chi connectivity index (χ2v) is 5.15. The molecule has 0 amide bonds. The second kappa shape index (κ2) is 6.68. The Balaban J connectivity index is 1.94. The van der Waals surface area contributed by atoms with E-state index in [0.29, 0.717) is 11.5 Å². The van der Waals surface area contributed by atoms with Crippen molar-refractivity contribution in [1.29, 1.82) is 0 Å². The van der Waals surface area contributed by atoms with E-state index in [9.17, 15) is 4.79 Å². The van der Waals surface area contributed by atoms with Crippen LogP contribution < -0.4 is 5.73 Å². The highest BCUT2D eigenvalue weighted by Crippen LogP contribution is 2.18. The van der Waals surface area contributed by atoms with Gasteiger partial charge >= 0.3 is 5.97 Å². The molecule has 0 spiro atoms. The molecule has 2 N–H and O–H groups in total. The number of benzene rings is 1. The second-order valence-electron chi connectivity index (χ2n) is 5.15.